The fourth-order valence-corrected chi connectivity index (χ4v) is 6.39. The Bertz CT molecular complexity index is 1110. The molecule has 4 rings (SSSR count). The van der Waals surface area contributed by atoms with Crippen LogP contribution in [0.5, 0.6) is 0 Å². The number of carbonyl (C=O) groups is 1. The number of piperazine rings is 1. The van der Waals surface area contributed by atoms with E-state index < -0.39 is 19.1 Å². The third-order valence-electron chi connectivity index (χ3n) is 8.38. The fraction of sp³-hybridized carbons (Fsp3) is 0.714. The van der Waals surface area contributed by atoms with Gasteiger partial charge in [-0.2, -0.15) is 0 Å². The van der Waals surface area contributed by atoms with E-state index in [0.29, 0.717) is 49.9 Å². The molecule has 37 heavy (non-hydrogen) atoms. The summed E-state index contributed by atoms with van der Waals surface area (Å²) in [6.07, 6.45) is 2.52. The first-order chi connectivity index (χ1) is 17.3. The normalized spacial score (nSPS) is 25.7. The van der Waals surface area contributed by atoms with E-state index in [4.69, 9.17) is 21.3 Å². The number of ether oxygens (including phenoxy) is 1. The number of anilines is 1. The second kappa shape index (κ2) is 11.0. The van der Waals surface area contributed by atoms with Crippen LogP contribution in [0.4, 0.5) is 5.69 Å². The van der Waals surface area contributed by atoms with Gasteiger partial charge in [0.1, 0.15) is 6.73 Å². The maximum atomic E-state index is 14.0. The Morgan fingerprint density at radius 3 is 2.35 bits per heavy atom. The summed E-state index contributed by atoms with van der Waals surface area (Å²) in [5.41, 5.74) is 1.35. The number of hydrogen-bond donors (Lipinski definition) is 1. The largest absolute Gasteiger partial charge is 0.390 e. The van der Waals surface area contributed by atoms with Crippen LogP contribution in [0.2, 0.25) is 30.7 Å². The molecule has 2 heterocycles. The van der Waals surface area contributed by atoms with Crippen LogP contribution in [0.25, 0.3) is 11.0 Å². The van der Waals surface area contributed by atoms with Crippen LogP contribution in [-0.4, -0.2) is 78.3 Å². The second-order valence-electron chi connectivity index (χ2n) is 12.8. The highest BCUT2D eigenvalue weighted by atomic mass is 35.5. The summed E-state index contributed by atoms with van der Waals surface area (Å²) >= 11 is 6.79. The van der Waals surface area contributed by atoms with Crippen molar-refractivity contribution in [3.8, 4) is 0 Å². The number of nitrogens with zero attached hydrogens (tertiary/aromatic N) is 4. The molecule has 1 saturated heterocycles. The maximum Gasteiger partial charge on any atom is 0.204 e. The molecule has 206 valence electrons. The number of aliphatic hydroxyl groups is 1. The minimum Gasteiger partial charge on any atom is -0.390 e. The van der Waals surface area contributed by atoms with Crippen molar-refractivity contribution in [2.24, 2.45) is 5.41 Å². The summed E-state index contributed by atoms with van der Waals surface area (Å²) in [7, 11) is -1.24. The molecule has 2 fully saturated rings. The van der Waals surface area contributed by atoms with Crippen LogP contribution in [0.3, 0.4) is 0 Å². The van der Waals surface area contributed by atoms with E-state index in [2.05, 4.69) is 42.4 Å². The van der Waals surface area contributed by atoms with Crippen molar-refractivity contribution >= 4 is 42.2 Å². The van der Waals surface area contributed by atoms with Crippen LogP contribution in [0.1, 0.15) is 57.1 Å². The van der Waals surface area contributed by atoms with Gasteiger partial charge in [-0.15, -0.1) is 0 Å². The third-order valence-corrected chi connectivity index (χ3v) is 10.4. The quantitative estimate of drug-likeness (QED) is 0.248. The Hall–Kier alpha value is -1.45. The lowest BCUT2D eigenvalue weighted by molar-refractivity contribution is -0.00984. The number of hydrogen-bond acceptors (Lipinski definition) is 6. The standard InChI is InChI=1S/C28H45ClN4O3Si/c1-7-31-12-14-32(15-13-31)23-19-24-22(18-21(23)29)30-26(33(24)20-36-16-17-37(4,5)6)25(34)27(2)8-10-28(3,35)11-9-27/h18-19,35H,7-17,20H2,1-6H3. The summed E-state index contributed by atoms with van der Waals surface area (Å²) < 4.78 is 8.12. The molecule has 0 bridgehead atoms. The first-order valence-electron chi connectivity index (χ1n) is 13.8. The average molecular weight is 549 g/mol. The molecule has 0 radical (unpaired) electrons. The molecule has 0 unspecified atom stereocenters. The monoisotopic (exact) mass is 548 g/mol. The van der Waals surface area contributed by atoms with Crippen LogP contribution >= 0.6 is 11.6 Å². The van der Waals surface area contributed by atoms with Gasteiger partial charge in [-0.25, -0.2) is 4.98 Å². The van der Waals surface area contributed by atoms with Gasteiger partial charge >= 0.3 is 0 Å². The Balaban J connectivity index is 1.68. The minimum atomic E-state index is -1.24. The fourth-order valence-electron chi connectivity index (χ4n) is 5.36. The molecule has 1 N–H and O–H groups in total. The first-order valence-corrected chi connectivity index (χ1v) is 17.9. The van der Waals surface area contributed by atoms with Crippen molar-refractivity contribution in [1.29, 1.82) is 0 Å². The molecule has 1 aromatic heterocycles. The maximum absolute atomic E-state index is 14.0. The van der Waals surface area contributed by atoms with Gasteiger partial charge in [0, 0.05) is 46.3 Å². The van der Waals surface area contributed by atoms with E-state index in [-0.39, 0.29) is 5.78 Å². The molecule has 0 spiro atoms. The van der Waals surface area contributed by atoms with Crippen molar-refractivity contribution in [1.82, 2.24) is 14.5 Å². The summed E-state index contributed by atoms with van der Waals surface area (Å²) in [4.78, 5) is 23.6. The van der Waals surface area contributed by atoms with E-state index in [0.717, 1.165) is 55.5 Å². The van der Waals surface area contributed by atoms with Crippen molar-refractivity contribution < 1.29 is 14.6 Å². The van der Waals surface area contributed by atoms with E-state index in [9.17, 15) is 9.90 Å². The molecule has 0 amide bonds. The first kappa shape index (κ1) is 28.6. The van der Waals surface area contributed by atoms with Crippen LogP contribution < -0.4 is 4.90 Å². The molecule has 2 aromatic rings. The van der Waals surface area contributed by atoms with E-state index in [1.54, 1.807) is 0 Å². The number of fused-ring (bicyclic) bond motifs is 1. The van der Waals surface area contributed by atoms with Gasteiger partial charge < -0.3 is 19.6 Å². The van der Waals surface area contributed by atoms with Crippen LogP contribution in [0.15, 0.2) is 12.1 Å². The van der Waals surface area contributed by atoms with E-state index in [1.165, 1.54) is 0 Å². The summed E-state index contributed by atoms with van der Waals surface area (Å²) in [5.74, 6) is 0.471. The number of aromatic nitrogens is 2. The number of carbonyl (C=O) groups excluding carboxylic acids is 1. The Morgan fingerprint density at radius 2 is 1.76 bits per heavy atom. The highest BCUT2D eigenvalue weighted by Crippen LogP contribution is 2.43. The van der Waals surface area contributed by atoms with Crippen LogP contribution in [0, 0.1) is 5.41 Å². The summed E-state index contributed by atoms with van der Waals surface area (Å²) in [6, 6.07) is 5.06. The summed E-state index contributed by atoms with van der Waals surface area (Å²) in [5, 5.41) is 11.2. The Labute approximate surface area is 228 Å². The van der Waals surface area contributed by atoms with Crippen molar-refractivity contribution in [2.45, 2.75) is 84.5 Å². The molecule has 0 atom stereocenters. The highest BCUT2D eigenvalue weighted by molar-refractivity contribution is 6.76. The predicted molar refractivity (Wildman–Crippen MR) is 155 cm³/mol. The number of halogens is 1. The number of Topliss-reactive ketones (excluding diaryl/α,β-unsaturated/α-hetero) is 1. The van der Waals surface area contributed by atoms with Crippen molar-refractivity contribution in [3.63, 3.8) is 0 Å². The molecule has 7 nitrogen and oxygen atoms in total. The zero-order chi connectivity index (χ0) is 27.0. The Kier molecular flexibility index (Phi) is 8.46. The minimum absolute atomic E-state index is 0.0298. The zero-order valence-electron chi connectivity index (χ0n) is 23.6. The van der Waals surface area contributed by atoms with Crippen LogP contribution in [-0.2, 0) is 11.5 Å². The molecule has 1 aliphatic heterocycles. The number of ketones is 1. The lowest BCUT2D eigenvalue weighted by Crippen LogP contribution is -2.46. The van der Waals surface area contributed by atoms with Gasteiger partial charge in [0.05, 0.1) is 27.3 Å². The predicted octanol–water partition coefficient (Wildman–Crippen LogP) is 5.66. The Morgan fingerprint density at radius 1 is 1.11 bits per heavy atom. The number of benzene rings is 1. The van der Waals surface area contributed by atoms with Gasteiger partial charge in [0.2, 0.25) is 5.78 Å². The average Bonchev–Trinajstić information content (AvgIpc) is 3.19. The van der Waals surface area contributed by atoms with Gasteiger partial charge in [0.15, 0.2) is 5.82 Å². The molecule has 1 aliphatic carbocycles. The number of rotatable bonds is 9. The SMILES string of the molecule is CCN1CCN(c2cc3c(cc2Cl)nc(C(=O)C2(C)CCC(C)(O)CC2)n3COCC[Si](C)(C)C)CC1. The van der Waals surface area contributed by atoms with Gasteiger partial charge in [-0.1, -0.05) is 45.1 Å². The third kappa shape index (κ3) is 6.59. The van der Waals surface area contributed by atoms with Crippen molar-refractivity contribution in [3.05, 3.63) is 23.0 Å². The van der Waals surface area contributed by atoms with Gasteiger partial charge in [0.25, 0.3) is 0 Å². The lowest BCUT2D eigenvalue weighted by atomic mass is 9.68. The van der Waals surface area contributed by atoms with E-state index in [1.807, 2.05) is 24.5 Å². The second-order valence-corrected chi connectivity index (χ2v) is 18.8. The van der Waals surface area contributed by atoms with Gasteiger partial charge in [-0.05, 0) is 57.3 Å². The highest BCUT2D eigenvalue weighted by Gasteiger charge is 2.43. The molecule has 1 saturated carbocycles. The molecular weight excluding hydrogens is 504 g/mol. The molecule has 1 aromatic carbocycles. The van der Waals surface area contributed by atoms with Gasteiger partial charge in [-0.3, -0.25) is 9.36 Å². The van der Waals surface area contributed by atoms with E-state index >= 15 is 0 Å². The summed E-state index contributed by atoms with van der Waals surface area (Å²) in [6.45, 7) is 19.0. The lowest BCUT2D eigenvalue weighted by Gasteiger charge is -2.39. The zero-order valence-corrected chi connectivity index (χ0v) is 25.3. The topological polar surface area (TPSA) is 70.8 Å². The molecule has 2 aliphatic rings. The smallest absolute Gasteiger partial charge is 0.204 e. The number of imidazole rings is 1. The number of likely N-dealkylation sites (N-methyl/N-ethyl adjacent to an activating group) is 1. The molecule has 9 heteroatoms. The molecular formula is C28H45ClN4O3Si. The van der Waals surface area contributed by atoms with Crippen molar-refractivity contribution in [2.75, 3.05) is 44.2 Å².